The molecule has 0 spiro atoms. The van der Waals surface area contributed by atoms with Gasteiger partial charge in [0, 0.05) is 51.2 Å². The van der Waals surface area contributed by atoms with Crippen LogP contribution in [0.5, 0.6) is 11.5 Å². The Balaban J connectivity index is 1.56. The van der Waals surface area contributed by atoms with Crippen LogP contribution in [0.1, 0.15) is 11.1 Å². The molecular formula is C27H31N3O3. The standard InChI is InChI=1S/C27H31N3O3/c1-29-13-14-30(18-20-10-11-25(32-2)26(15-20)33-3)19-23(27(29)31)16-21-7-4-5-9-24(21)22-8-6-12-28-17-22/h4-12,15,17,23H,13-14,16,18-19H2,1-3H3. The molecule has 1 saturated heterocycles. The Kier molecular flexibility index (Phi) is 7.25. The maximum atomic E-state index is 13.2. The minimum atomic E-state index is -0.115. The van der Waals surface area contributed by atoms with E-state index in [0.717, 1.165) is 41.3 Å². The van der Waals surface area contributed by atoms with Crippen molar-refractivity contribution in [1.29, 1.82) is 0 Å². The molecule has 172 valence electrons. The molecule has 1 aromatic heterocycles. The average molecular weight is 446 g/mol. The van der Waals surface area contributed by atoms with Gasteiger partial charge >= 0.3 is 0 Å². The van der Waals surface area contributed by atoms with Gasteiger partial charge in [-0.2, -0.15) is 0 Å². The first-order chi connectivity index (χ1) is 16.1. The van der Waals surface area contributed by atoms with Gasteiger partial charge < -0.3 is 14.4 Å². The molecule has 3 aromatic rings. The monoisotopic (exact) mass is 445 g/mol. The number of ether oxygens (including phenoxy) is 2. The highest BCUT2D eigenvalue weighted by Crippen LogP contribution is 2.29. The lowest BCUT2D eigenvalue weighted by Crippen LogP contribution is -2.34. The van der Waals surface area contributed by atoms with Crippen molar-refractivity contribution in [1.82, 2.24) is 14.8 Å². The maximum Gasteiger partial charge on any atom is 0.227 e. The summed E-state index contributed by atoms with van der Waals surface area (Å²) in [4.78, 5) is 21.7. The van der Waals surface area contributed by atoms with Crippen molar-refractivity contribution in [2.24, 2.45) is 5.92 Å². The lowest BCUT2D eigenvalue weighted by atomic mass is 9.91. The third-order valence-corrected chi connectivity index (χ3v) is 6.27. The highest BCUT2D eigenvalue weighted by Gasteiger charge is 2.29. The van der Waals surface area contributed by atoms with Crippen molar-refractivity contribution in [3.05, 3.63) is 78.1 Å². The molecule has 1 unspecified atom stereocenters. The van der Waals surface area contributed by atoms with Crippen LogP contribution in [0.25, 0.3) is 11.1 Å². The van der Waals surface area contributed by atoms with E-state index in [9.17, 15) is 4.79 Å². The fraction of sp³-hybridized carbons (Fsp3) is 0.333. The van der Waals surface area contributed by atoms with E-state index in [-0.39, 0.29) is 11.8 Å². The third-order valence-electron chi connectivity index (χ3n) is 6.27. The number of rotatable bonds is 7. The number of hydrogen-bond donors (Lipinski definition) is 0. The van der Waals surface area contributed by atoms with Crippen LogP contribution >= 0.6 is 0 Å². The fourth-order valence-corrected chi connectivity index (χ4v) is 4.49. The topological polar surface area (TPSA) is 54.9 Å². The fourth-order valence-electron chi connectivity index (χ4n) is 4.49. The normalized spacial score (nSPS) is 17.0. The summed E-state index contributed by atoms with van der Waals surface area (Å²) in [6.07, 6.45) is 4.35. The van der Waals surface area contributed by atoms with E-state index in [1.54, 1.807) is 20.4 Å². The van der Waals surface area contributed by atoms with Crippen LogP contribution in [-0.4, -0.2) is 61.6 Å². The smallest absolute Gasteiger partial charge is 0.227 e. The zero-order chi connectivity index (χ0) is 23.2. The van der Waals surface area contributed by atoms with Crippen molar-refractivity contribution in [3.8, 4) is 22.6 Å². The number of hydrogen-bond acceptors (Lipinski definition) is 5. The molecule has 0 N–H and O–H groups in total. The molecule has 1 amide bonds. The highest BCUT2D eigenvalue weighted by atomic mass is 16.5. The van der Waals surface area contributed by atoms with Crippen molar-refractivity contribution in [2.75, 3.05) is 40.9 Å². The van der Waals surface area contributed by atoms with E-state index in [1.165, 1.54) is 5.56 Å². The van der Waals surface area contributed by atoms with E-state index < -0.39 is 0 Å². The molecule has 33 heavy (non-hydrogen) atoms. The Morgan fingerprint density at radius 2 is 1.82 bits per heavy atom. The minimum absolute atomic E-state index is 0.115. The van der Waals surface area contributed by atoms with Gasteiger partial charge in [-0.25, -0.2) is 0 Å². The number of carbonyl (C=O) groups is 1. The number of methoxy groups -OCH3 is 2. The second-order valence-electron chi connectivity index (χ2n) is 8.48. The summed E-state index contributed by atoms with van der Waals surface area (Å²) in [5.74, 6) is 1.53. The van der Waals surface area contributed by atoms with Gasteiger partial charge in [0.25, 0.3) is 0 Å². The van der Waals surface area contributed by atoms with Crippen LogP contribution in [-0.2, 0) is 17.8 Å². The molecule has 6 heteroatoms. The van der Waals surface area contributed by atoms with Crippen LogP contribution < -0.4 is 9.47 Å². The van der Waals surface area contributed by atoms with Crippen molar-refractivity contribution >= 4 is 5.91 Å². The molecule has 0 bridgehead atoms. The first-order valence-corrected chi connectivity index (χ1v) is 11.3. The van der Waals surface area contributed by atoms with Gasteiger partial charge in [-0.15, -0.1) is 0 Å². The molecule has 2 heterocycles. The first kappa shape index (κ1) is 22.8. The highest BCUT2D eigenvalue weighted by molar-refractivity contribution is 5.80. The van der Waals surface area contributed by atoms with Crippen LogP contribution in [0.3, 0.4) is 0 Å². The van der Waals surface area contributed by atoms with Gasteiger partial charge in [-0.05, 0) is 41.3 Å². The first-order valence-electron chi connectivity index (χ1n) is 11.3. The Morgan fingerprint density at radius 1 is 1.00 bits per heavy atom. The Morgan fingerprint density at radius 3 is 2.58 bits per heavy atom. The SMILES string of the molecule is COc1ccc(CN2CCN(C)C(=O)C(Cc3ccccc3-c3cccnc3)C2)cc1OC. The molecule has 6 nitrogen and oxygen atoms in total. The number of likely N-dealkylation sites (N-methyl/N-ethyl adjacent to an activating group) is 1. The van der Waals surface area contributed by atoms with Crippen molar-refractivity contribution in [3.63, 3.8) is 0 Å². The quantitative estimate of drug-likeness (QED) is 0.552. The number of pyridine rings is 1. The molecule has 4 rings (SSSR count). The number of carbonyl (C=O) groups excluding carboxylic acids is 1. The average Bonchev–Trinajstić information content (AvgIpc) is 2.98. The molecule has 1 aliphatic heterocycles. The molecule has 1 atom stereocenters. The molecule has 1 aliphatic rings. The summed E-state index contributed by atoms with van der Waals surface area (Å²) in [5, 5.41) is 0. The predicted molar refractivity (Wildman–Crippen MR) is 129 cm³/mol. The van der Waals surface area contributed by atoms with Crippen LogP contribution in [0, 0.1) is 5.92 Å². The molecule has 0 saturated carbocycles. The zero-order valence-electron chi connectivity index (χ0n) is 19.5. The van der Waals surface area contributed by atoms with Crippen molar-refractivity contribution in [2.45, 2.75) is 13.0 Å². The second-order valence-corrected chi connectivity index (χ2v) is 8.48. The third kappa shape index (κ3) is 5.34. The summed E-state index contributed by atoms with van der Waals surface area (Å²) in [7, 11) is 5.20. The molecule has 1 fully saturated rings. The largest absolute Gasteiger partial charge is 0.493 e. The zero-order valence-corrected chi connectivity index (χ0v) is 19.5. The Hall–Kier alpha value is -3.38. The number of nitrogens with zero attached hydrogens (tertiary/aromatic N) is 3. The van der Waals surface area contributed by atoms with Crippen LogP contribution in [0.4, 0.5) is 0 Å². The van der Waals surface area contributed by atoms with E-state index in [0.29, 0.717) is 19.5 Å². The van der Waals surface area contributed by atoms with E-state index >= 15 is 0 Å². The Bertz CT molecular complexity index is 1090. The van der Waals surface area contributed by atoms with Gasteiger partial charge in [-0.3, -0.25) is 14.7 Å². The molecule has 2 aromatic carbocycles. The van der Waals surface area contributed by atoms with Gasteiger partial charge in [0.2, 0.25) is 5.91 Å². The van der Waals surface area contributed by atoms with E-state index in [1.807, 2.05) is 48.5 Å². The minimum Gasteiger partial charge on any atom is -0.493 e. The summed E-state index contributed by atoms with van der Waals surface area (Å²) in [6.45, 7) is 3.01. The van der Waals surface area contributed by atoms with E-state index in [2.05, 4.69) is 34.1 Å². The summed E-state index contributed by atoms with van der Waals surface area (Å²) < 4.78 is 10.8. The Labute approximate surface area is 195 Å². The van der Waals surface area contributed by atoms with Gasteiger partial charge in [0.15, 0.2) is 11.5 Å². The number of benzene rings is 2. The molecular weight excluding hydrogens is 414 g/mol. The predicted octanol–water partition coefficient (Wildman–Crippen LogP) is 3.90. The van der Waals surface area contributed by atoms with E-state index in [4.69, 9.17) is 9.47 Å². The lowest BCUT2D eigenvalue weighted by molar-refractivity contribution is -0.133. The van der Waals surface area contributed by atoms with Crippen LogP contribution in [0.2, 0.25) is 0 Å². The summed E-state index contributed by atoms with van der Waals surface area (Å²) >= 11 is 0. The number of amides is 1. The molecule has 0 aliphatic carbocycles. The van der Waals surface area contributed by atoms with Crippen molar-refractivity contribution < 1.29 is 14.3 Å². The maximum absolute atomic E-state index is 13.2. The number of aromatic nitrogens is 1. The van der Waals surface area contributed by atoms with Gasteiger partial charge in [-0.1, -0.05) is 36.4 Å². The second kappa shape index (κ2) is 10.5. The van der Waals surface area contributed by atoms with Gasteiger partial charge in [0.05, 0.1) is 20.1 Å². The lowest BCUT2D eigenvalue weighted by Gasteiger charge is -2.24. The van der Waals surface area contributed by atoms with Crippen LogP contribution in [0.15, 0.2) is 67.0 Å². The van der Waals surface area contributed by atoms with Gasteiger partial charge in [0.1, 0.15) is 0 Å². The summed E-state index contributed by atoms with van der Waals surface area (Å²) in [6, 6.07) is 18.3. The molecule has 0 radical (unpaired) electrons. The summed E-state index contributed by atoms with van der Waals surface area (Å²) in [5.41, 5.74) is 4.52.